The normalized spacial score (nSPS) is 14.2. The van der Waals surface area contributed by atoms with E-state index in [1.165, 1.54) is 71.6 Å². The standard InChI is InChI=1S/C30H33FN4O6S/c1-2-28(30(37)32-24-9-6-7-10-24)33(20-22-15-17-23(31)18-16-22)29(36)21-34(25-11-8-12-26(19-25)35(38)39)42(40,41)27-13-4-3-5-14-27/h3-5,8,11-19,24,28H,2,6-7,9-10,20-21H2,1H3,(H,32,37)/t28-/m0/s1. The first-order valence-corrected chi connectivity index (χ1v) is 15.2. The van der Waals surface area contributed by atoms with Crippen molar-refractivity contribution in [2.45, 2.75) is 62.6 Å². The molecule has 1 aliphatic rings. The predicted molar refractivity (Wildman–Crippen MR) is 155 cm³/mol. The third-order valence-electron chi connectivity index (χ3n) is 7.29. The number of nitrogens with zero attached hydrogens (tertiary/aromatic N) is 3. The van der Waals surface area contributed by atoms with Gasteiger partial charge in [-0.1, -0.05) is 56.2 Å². The van der Waals surface area contributed by atoms with Crippen LogP contribution in [0.3, 0.4) is 0 Å². The minimum atomic E-state index is -4.36. The van der Waals surface area contributed by atoms with E-state index in [9.17, 15) is 32.5 Å². The topological polar surface area (TPSA) is 130 Å². The second-order valence-corrected chi connectivity index (χ2v) is 12.0. The molecule has 0 heterocycles. The van der Waals surface area contributed by atoms with Crippen molar-refractivity contribution in [2.24, 2.45) is 0 Å². The fourth-order valence-corrected chi connectivity index (χ4v) is 6.51. The van der Waals surface area contributed by atoms with E-state index in [-0.39, 0.29) is 41.2 Å². The first kappa shape index (κ1) is 30.6. The molecule has 1 N–H and O–H groups in total. The molecule has 2 amide bonds. The van der Waals surface area contributed by atoms with E-state index in [2.05, 4.69) is 5.32 Å². The van der Waals surface area contributed by atoms with Gasteiger partial charge in [-0.25, -0.2) is 12.8 Å². The zero-order valence-electron chi connectivity index (χ0n) is 23.2. The average molecular weight is 597 g/mol. The molecule has 42 heavy (non-hydrogen) atoms. The second kappa shape index (κ2) is 13.6. The summed E-state index contributed by atoms with van der Waals surface area (Å²) in [6.07, 6.45) is 3.91. The number of carbonyl (C=O) groups is 2. The lowest BCUT2D eigenvalue weighted by molar-refractivity contribution is -0.384. The maximum Gasteiger partial charge on any atom is 0.271 e. The van der Waals surface area contributed by atoms with Crippen LogP contribution < -0.4 is 9.62 Å². The number of nitrogens with one attached hydrogen (secondary N) is 1. The molecule has 0 bridgehead atoms. The van der Waals surface area contributed by atoms with Gasteiger partial charge in [0.15, 0.2) is 0 Å². The average Bonchev–Trinajstić information content (AvgIpc) is 3.50. The van der Waals surface area contributed by atoms with Gasteiger partial charge in [-0.3, -0.25) is 24.0 Å². The number of hydrogen-bond donors (Lipinski definition) is 1. The van der Waals surface area contributed by atoms with E-state index in [0.717, 1.165) is 36.1 Å². The van der Waals surface area contributed by atoms with Gasteiger partial charge in [-0.2, -0.15) is 0 Å². The largest absolute Gasteiger partial charge is 0.352 e. The summed E-state index contributed by atoms with van der Waals surface area (Å²) in [6, 6.07) is 17.0. The lowest BCUT2D eigenvalue weighted by Crippen LogP contribution is -2.53. The number of rotatable bonds is 12. The predicted octanol–water partition coefficient (Wildman–Crippen LogP) is 4.80. The van der Waals surface area contributed by atoms with Crippen LogP contribution in [0.5, 0.6) is 0 Å². The van der Waals surface area contributed by atoms with Gasteiger partial charge in [0, 0.05) is 24.7 Å². The number of sulfonamides is 1. The van der Waals surface area contributed by atoms with Crippen LogP contribution >= 0.6 is 0 Å². The highest BCUT2D eigenvalue weighted by Crippen LogP contribution is 2.28. The molecule has 1 fully saturated rings. The van der Waals surface area contributed by atoms with Crippen LogP contribution in [0.25, 0.3) is 0 Å². The Morgan fingerprint density at radius 1 is 1.02 bits per heavy atom. The van der Waals surface area contributed by atoms with Gasteiger partial charge in [0.1, 0.15) is 18.4 Å². The van der Waals surface area contributed by atoms with E-state index >= 15 is 0 Å². The number of nitro benzene ring substituents is 1. The van der Waals surface area contributed by atoms with Gasteiger partial charge in [-0.05, 0) is 55.2 Å². The Labute approximate surface area is 244 Å². The summed E-state index contributed by atoms with van der Waals surface area (Å²) in [5.41, 5.74) is 0.120. The summed E-state index contributed by atoms with van der Waals surface area (Å²) in [7, 11) is -4.36. The van der Waals surface area contributed by atoms with Crippen molar-refractivity contribution in [1.82, 2.24) is 10.2 Å². The lowest BCUT2D eigenvalue weighted by Gasteiger charge is -2.33. The van der Waals surface area contributed by atoms with Crippen LogP contribution in [0, 0.1) is 15.9 Å². The van der Waals surface area contributed by atoms with E-state index in [4.69, 9.17) is 0 Å². The van der Waals surface area contributed by atoms with E-state index in [1.54, 1.807) is 13.0 Å². The summed E-state index contributed by atoms with van der Waals surface area (Å²) >= 11 is 0. The van der Waals surface area contributed by atoms with Crippen molar-refractivity contribution >= 4 is 33.2 Å². The highest BCUT2D eigenvalue weighted by atomic mass is 32.2. The number of hydrogen-bond acceptors (Lipinski definition) is 6. The number of halogens is 1. The second-order valence-electron chi connectivity index (χ2n) is 10.2. The minimum Gasteiger partial charge on any atom is -0.352 e. The molecular weight excluding hydrogens is 563 g/mol. The van der Waals surface area contributed by atoms with Gasteiger partial charge in [0.25, 0.3) is 15.7 Å². The number of non-ortho nitro benzene ring substituents is 1. The van der Waals surface area contributed by atoms with Gasteiger partial charge in [-0.15, -0.1) is 0 Å². The SMILES string of the molecule is CC[C@@H](C(=O)NC1CCCC1)N(Cc1ccc(F)cc1)C(=O)CN(c1cccc([N+](=O)[O-])c1)S(=O)(=O)c1ccccc1. The first-order valence-electron chi connectivity index (χ1n) is 13.8. The quantitative estimate of drug-likeness (QED) is 0.236. The molecule has 10 nitrogen and oxygen atoms in total. The summed E-state index contributed by atoms with van der Waals surface area (Å²) in [5.74, 6) is -1.51. The molecule has 222 valence electrons. The molecule has 0 saturated heterocycles. The van der Waals surface area contributed by atoms with Gasteiger partial charge in [0.2, 0.25) is 11.8 Å². The van der Waals surface area contributed by atoms with Crippen LogP contribution in [0.2, 0.25) is 0 Å². The molecule has 0 unspecified atom stereocenters. The van der Waals surface area contributed by atoms with Crippen LogP contribution in [-0.4, -0.2) is 48.7 Å². The fraction of sp³-hybridized carbons (Fsp3) is 0.333. The zero-order chi connectivity index (χ0) is 30.3. The highest BCUT2D eigenvalue weighted by Gasteiger charge is 2.35. The van der Waals surface area contributed by atoms with Crippen LogP contribution in [0.1, 0.15) is 44.6 Å². The van der Waals surface area contributed by atoms with E-state index < -0.39 is 39.3 Å². The Balaban J connectivity index is 1.73. The fourth-order valence-electron chi connectivity index (χ4n) is 5.08. The summed E-state index contributed by atoms with van der Waals surface area (Å²) in [5, 5.41) is 14.5. The van der Waals surface area contributed by atoms with Gasteiger partial charge >= 0.3 is 0 Å². The lowest BCUT2D eigenvalue weighted by atomic mass is 10.1. The van der Waals surface area contributed by atoms with Gasteiger partial charge < -0.3 is 10.2 Å². The van der Waals surface area contributed by atoms with Crippen LogP contribution in [0.15, 0.2) is 83.8 Å². The van der Waals surface area contributed by atoms with Crippen molar-refractivity contribution < 1.29 is 27.3 Å². The molecule has 1 saturated carbocycles. The molecule has 0 aliphatic heterocycles. The van der Waals surface area contributed by atoms with E-state index in [1.807, 2.05) is 0 Å². The van der Waals surface area contributed by atoms with Crippen molar-refractivity contribution in [1.29, 1.82) is 0 Å². The third-order valence-corrected chi connectivity index (χ3v) is 9.08. The summed E-state index contributed by atoms with van der Waals surface area (Å²) < 4.78 is 42.1. The molecule has 3 aromatic rings. The Morgan fingerprint density at radius 3 is 2.31 bits per heavy atom. The summed E-state index contributed by atoms with van der Waals surface area (Å²) in [6.45, 7) is 0.944. The van der Waals surface area contributed by atoms with Crippen molar-refractivity contribution in [3.63, 3.8) is 0 Å². The Hall–Kier alpha value is -4.32. The Bertz CT molecular complexity index is 1510. The highest BCUT2D eigenvalue weighted by molar-refractivity contribution is 7.92. The molecule has 0 spiro atoms. The number of anilines is 1. The zero-order valence-corrected chi connectivity index (χ0v) is 24.0. The summed E-state index contributed by atoms with van der Waals surface area (Å²) in [4.78, 5) is 39.5. The minimum absolute atomic E-state index is 0.00542. The van der Waals surface area contributed by atoms with Crippen molar-refractivity contribution in [3.05, 3.63) is 100 Å². The van der Waals surface area contributed by atoms with Crippen molar-refractivity contribution in [2.75, 3.05) is 10.8 Å². The number of benzene rings is 3. The third kappa shape index (κ3) is 7.30. The first-order chi connectivity index (χ1) is 20.1. The van der Waals surface area contributed by atoms with Gasteiger partial charge in [0.05, 0.1) is 15.5 Å². The van der Waals surface area contributed by atoms with Crippen molar-refractivity contribution in [3.8, 4) is 0 Å². The molecule has 0 aromatic heterocycles. The monoisotopic (exact) mass is 596 g/mol. The van der Waals surface area contributed by atoms with Crippen LogP contribution in [-0.2, 0) is 26.2 Å². The smallest absolute Gasteiger partial charge is 0.271 e. The molecule has 4 rings (SSSR count). The molecular formula is C30H33FN4O6S. The Morgan fingerprint density at radius 2 is 1.69 bits per heavy atom. The molecule has 1 atom stereocenters. The molecule has 0 radical (unpaired) electrons. The molecule has 12 heteroatoms. The number of carbonyl (C=O) groups excluding carboxylic acids is 2. The maximum atomic E-state index is 14.1. The molecule has 3 aromatic carbocycles. The molecule has 1 aliphatic carbocycles. The Kier molecular flexibility index (Phi) is 9.89. The van der Waals surface area contributed by atoms with E-state index in [0.29, 0.717) is 5.56 Å². The maximum absolute atomic E-state index is 14.1. The van der Waals surface area contributed by atoms with Crippen LogP contribution in [0.4, 0.5) is 15.8 Å². The number of nitro groups is 1. The number of amides is 2.